The van der Waals surface area contributed by atoms with Crippen LogP contribution in [0.3, 0.4) is 0 Å². The van der Waals surface area contributed by atoms with Crippen molar-refractivity contribution in [1.82, 2.24) is 14.3 Å². The molecule has 4 nitrogen and oxygen atoms in total. The highest BCUT2D eigenvalue weighted by molar-refractivity contribution is 5.30. The van der Waals surface area contributed by atoms with Crippen molar-refractivity contribution >= 4 is 0 Å². The number of aromatic nitrogens is 3. The molecular formula is C15H19N3O. The standard InChI is InChI=1S/C15H19N3O/c1-15(2)8-12(9-15)10-18-14(19)17(11-16-18)13-6-4-3-5-7-13/h3-7,11-12H,8-10H2,1-2H3. The summed E-state index contributed by atoms with van der Waals surface area (Å²) in [7, 11) is 0. The van der Waals surface area contributed by atoms with E-state index in [4.69, 9.17) is 0 Å². The van der Waals surface area contributed by atoms with Gasteiger partial charge in [-0.1, -0.05) is 32.0 Å². The number of para-hydroxylation sites is 1. The summed E-state index contributed by atoms with van der Waals surface area (Å²) in [6, 6.07) is 9.62. The van der Waals surface area contributed by atoms with Gasteiger partial charge in [0.15, 0.2) is 0 Å². The van der Waals surface area contributed by atoms with Gasteiger partial charge in [-0.25, -0.2) is 14.0 Å². The lowest BCUT2D eigenvalue weighted by molar-refractivity contribution is 0.0790. The van der Waals surface area contributed by atoms with Crippen molar-refractivity contribution in [2.45, 2.75) is 33.2 Å². The highest BCUT2D eigenvalue weighted by Crippen LogP contribution is 2.45. The molecule has 19 heavy (non-hydrogen) atoms. The Morgan fingerprint density at radius 3 is 2.58 bits per heavy atom. The second-order valence-corrected chi connectivity index (χ2v) is 6.24. The summed E-state index contributed by atoms with van der Waals surface area (Å²) in [5.41, 5.74) is 1.26. The van der Waals surface area contributed by atoms with Crippen molar-refractivity contribution in [3.63, 3.8) is 0 Å². The molecule has 0 amide bonds. The summed E-state index contributed by atoms with van der Waals surface area (Å²) in [4.78, 5) is 12.3. The molecule has 100 valence electrons. The number of benzene rings is 1. The number of nitrogens with zero attached hydrogens (tertiary/aromatic N) is 3. The van der Waals surface area contributed by atoms with Gasteiger partial charge in [0.2, 0.25) is 0 Å². The van der Waals surface area contributed by atoms with E-state index in [1.807, 2.05) is 30.3 Å². The van der Waals surface area contributed by atoms with Crippen LogP contribution in [-0.2, 0) is 6.54 Å². The molecule has 1 saturated carbocycles. The van der Waals surface area contributed by atoms with Crippen LogP contribution in [0.15, 0.2) is 41.5 Å². The zero-order chi connectivity index (χ0) is 13.5. The molecule has 1 aromatic carbocycles. The van der Waals surface area contributed by atoms with Crippen LogP contribution in [0.1, 0.15) is 26.7 Å². The molecule has 0 N–H and O–H groups in total. The van der Waals surface area contributed by atoms with Crippen LogP contribution in [0.2, 0.25) is 0 Å². The molecule has 1 fully saturated rings. The van der Waals surface area contributed by atoms with E-state index < -0.39 is 0 Å². The third-order valence-corrected chi connectivity index (χ3v) is 3.88. The lowest BCUT2D eigenvalue weighted by Gasteiger charge is -2.42. The second-order valence-electron chi connectivity index (χ2n) is 6.24. The number of rotatable bonds is 3. The Hall–Kier alpha value is -1.84. The van der Waals surface area contributed by atoms with Crippen LogP contribution in [0.25, 0.3) is 5.69 Å². The first-order valence-electron chi connectivity index (χ1n) is 6.75. The third-order valence-electron chi connectivity index (χ3n) is 3.88. The van der Waals surface area contributed by atoms with Gasteiger partial charge < -0.3 is 0 Å². The zero-order valence-electron chi connectivity index (χ0n) is 11.4. The van der Waals surface area contributed by atoms with E-state index in [-0.39, 0.29) is 5.69 Å². The predicted octanol–water partition coefficient (Wildman–Crippen LogP) is 2.47. The SMILES string of the molecule is CC1(C)CC(Cn2ncn(-c3ccccc3)c2=O)C1. The van der Waals surface area contributed by atoms with Crippen molar-refractivity contribution in [2.75, 3.05) is 0 Å². The fourth-order valence-corrected chi connectivity index (χ4v) is 3.10. The minimum Gasteiger partial charge on any atom is -0.250 e. The van der Waals surface area contributed by atoms with Gasteiger partial charge in [0.05, 0.1) is 5.69 Å². The normalized spacial score (nSPS) is 18.2. The maximum absolute atomic E-state index is 12.3. The molecule has 3 rings (SSSR count). The Kier molecular flexibility index (Phi) is 2.81. The molecule has 1 aliphatic rings. The van der Waals surface area contributed by atoms with E-state index in [2.05, 4.69) is 18.9 Å². The first-order chi connectivity index (χ1) is 9.05. The Balaban J connectivity index is 1.79. The van der Waals surface area contributed by atoms with Gasteiger partial charge in [-0.05, 0) is 36.3 Å². The quantitative estimate of drug-likeness (QED) is 0.847. The van der Waals surface area contributed by atoms with Crippen LogP contribution in [0, 0.1) is 11.3 Å². The monoisotopic (exact) mass is 257 g/mol. The number of hydrogen-bond donors (Lipinski definition) is 0. The lowest BCUT2D eigenvalue weighted by atomic mass is 9.64. The van der Waals surface area contributed by atoms with E-state index >= 15 is 0 Å². The predicted molar refractivity (Wildman–Crippen MR) is 74.3 cm³/mol. The smallest absolute Gasteiger partial charge is 0.250 e. The number of hydrogen-bond acceptors (Lipinski definition) is 2. The first-order valence-corrected chi connectivity index (χ1v) is 6.75. The molecule has 0 radical (unpaired) electrons. The molecule has 2 aromatic rings. The fourth-order valence-electron chi connectivity index (χ4n) is 3.10. The molecule has 1 heterocycles. The van der Waals surface area contributed by atoms with Crippen LogP contribution in [0.5, 0.6) is 0 Å². The second kappa shape index (κ2) is 4.37. The van der Waals surface area contributed by atoms with Crippen LogP contribution < -0.4 is 5.69 Å². The van der Waals surface area contributed by atoms with Gasteiger partial charge in [-0.2, -0.15) is 5.10 Å². The molecule has 0 bridgehead atoms. The average Bonchev–Trinajstić information content (AvgIpc) is 2.70. The zero-order valence-corrected chi connectivity index (χ0v) is 11.4. The van der Waals surface area contributed by atoms with Crippen molar-refractivity contribution in [1.29, 1.82) is 0 Å². The maximum atomic E-state index is 12.3. The Labute approximate surface area is 112 Å². The molecule has 0 saturated heterocycles. The minimum atomic E-state index is -0.0455. The average molecular weight is 257 g/mol. The van der Waals surface area contributed by atoms with Gasteiger partial charge in [0.25, 0.3) is 0 Å². The van der Waals surface area contributed by atoms with Crippen LogP contribution >= 0.6 is 0 Å². The van der Waals surface area contributed by atoms with Gasteiger partial charge in [-0.3, -0.25) is 0 Å². The molecule has 1 aromatic heterocycles. The van der Waals surface area contributed by atoms with Crippen LogP contribution in [0.4, 0.5) is 0 Å². The molecule has 0 unspecified atom stereocenters. The summed E-state index contributed by atoms with van der Waals surface area (Å²) < 4.78 is 3.19. The van der Waals surface area contributed by atoms with Crippen LogP contribution in [-0.4, -0.2) is 14.3 Å². The first kappa shape index (κ1) is 12.2. The van der Waals surface area contributed by atoms with Crippen molar-refractivity contribution < 1.29 is 0 Å². The Bertz CT molecular complexity index is 616. The molecule has 4 heteroatoms. The fraction of sp³-hybridized carbons (Fsp3) is 0.467. The summed E-state index contributed by atoms with van der Waals surface area (Å²) >= 11 is 0. The molecule has 0 spiro atoms. The maximum Gasteiger partial charge on any atom is 0.350 e. The molecule has 1 aliphatic carbocycles. The highest BCUT2D eigenvalue weighted by Gasteiger charge is 2.36. The third kappa shape index (κ3) is 2.35. The summed E-state index contributed by atoms with van der Waals surface area (Å²) in [6.45, 7) is 5.28. The topological polar surface area (TPSA) is 39.8 Å². The Morgan fingerprint density at radius 2 is 1.95 bits per heavy atom. The minimum absolute atomic E-state index is 0.0455. The molecule has 0 atom stereocenters. The van der Waals surface area contributed by atoms with Gasteiger partial charge >= 0.3 is 5.69 Å². The van der Waals surface area contributed by atoms with Crippen molar-refractivity contribution in [3.05, 3.63) is 47.1 Å². The van der Waals surface area contributed by atoms with E-state index in [0.717, 1.165) is 12.2 Å². The van der Waals surface area contributed by atoms with Gasteiger partial charge in [0.1, 0.15) is 6.33 Å². The summed E-state index contributed by atoms with van der Waals surface area (Å²) in [5.74, 6) is 0.590. The van der Waals surface area contributed by atoms with Crippen molar-refractivity contribution in [2.24, 2.45) is 11.3 Å². The molecule has 0 aliphatic heterocycles. The van der Waals surface area contributed by atoms with E-state index in [1.165, 1.54) is 12.8 Å². The summed E-state index contributed by atoms with van der Waals surface area (Å²) in [6.07, 6.45) is 3.97. The lowest BCUT2D eigenvalue weighted by Crippen LogP contribution is -2.37. The van der Waals surface area contributed by atoms with Gasteiger partial charge in [0, 0.05) is 6.54 Å². The largest absolute Gasteiger partial charge is 0.350 e. The summed E-state index contributed by atoms with van der Waals surface area (Å²) in [5, 5.41) is 4.23. The van der Waals surface area contributed by atoms with Crippen molar-refractivity contribution in [3.8, 4) is 5.69 Å². The van der Waals surface area contributed by atoms with E-state index in [1.54, 1.807) is 15.6 Å². The Morgan fingerprint density at radius 1 is 1.26 bits per heavy atom. The highest BCUT2D eigenvalue weighted by atomic mass is 16.2. The van der Waals surface area contributed by atoms with E-state index in [0.29, 0.717) is 11.3 Å². The molecular weight excluding hydrogens is 238 g/mol. The van der Waals surface area contributed by atoms with E-state index in [9.17, 15) is 4.79 Å². The van der Waals surface area contributed by atoms with Gasteiger partial charge in [-0.15, -0.1) is 0 Å².